The van der Waals surface area contributed by atoms with Gasteiger partial charge in [-0.25, -0.2) is 0 Å². The van der Waals surface area contributed by atoms with E-state index < -0.39 is 0 Å². The van der Waals surface area contributed by atoms with Gasteiger partial charge >= 0.3 is 0 Å². The number of unbranched alkanes of at least 4 members (excludes halogenated alkanes) is 1. The third kappa shape index (κ3) is 4.14. The van der Waals surface area contributed by atoms with Crippen LogP contribution in [-0.4, -0.2) is 36.2 Å². The average molecular weight is 302 g/mol. The van der Waals surface area contributed by atoms with E-state index in [9.17, 15) is 0 Å². The molecule has 0 aliphatic carbocycles. The minimum atomic E-state index is 0.993. The molecule has 2 aliphatic rings. The highest BCUT2D eigenvalue weighted by Crippen LogP contribution is 2.27. The molecule has 4 nitrogen and oxygen atoms in total. The van der Waals surface area contributed by atoms with E-state index in [0.717, 1.165) is 12.5 Å². The maximum Gasteiger partial charge on any atom is 0.0753 e. The molecule has 0 aromatic heterocycles. The lowest BCUT2D eigenvalue weighted by Crippen LogP contribution is -2.37. The monoisotopic (exact) mass is 302 g/mol. The summed E-state index contributed by atoms with van der Waals surface area (Å²) in [5.41, 5.74) is 9.17. The van der Waals surface area contributed by atoms with Crippen molar-refractivity contribution in [2.75, 3.05) is 37.0 Å². The summed E-state index contributed by atoms with van der Waals surface area (Å²) >= 11 is 0. The molecule has 0 spiro atoms. The SMILES string of the molecule is CCCCC1CCN(CCCN2Nc3ccccc3N2)CC1. The fourth-order valence-electron chi connectivity index (χ4n) is 3.55. The van der Waals surface area contributed by atoms with Crippen molar-refractivity contribution in [3.8, 4) is 0 Å². The second kappa shape index (κ2) is 7.84. The highest BCUT2D eigenvalue weighted by atomic mass is 15.8. The molecule has 4 heteroatoms. The maximum atomic E-state index is 3.41. The lowest BCUT2D eigenvalue weighted by Gasteiger charge is -2.32. The molecule has 122 valence electrons. The number of fused-ring (bicyclic) bond motifs is 1. The zero-order valence-corrected chi connectivity index (χ0v) is 13.9. The molecule has 1 aromatic carbocycles. The van der Waals surface area contributed by atoms with Crippen molar-refractivity contribution >= 4 is 11.4 Å². The molecule has 0 radical (unpaired) electrons. The van der Waals surface area contributed by atoms with Crippen LogP contribution in [0.1, 0.15) is 45.4 Å². The first-order valence-corrected chi connectivity index (χ1v) is 8.97. The summed E-state index contributed by atoms with van der Waals surface area (Å²) in [5, 5.41) is 2.11. The normalized spacial score (nSPS) is 19.7. The lowest BCUT2D eigenvalue weighted by atomic mass is 9.91. The molecule has 2 aliphatic heterocycles. The van der Waals surface area contributed by atoms with Crippen LogP contribution in [0, 0.1) is 5.92 Å². The third-order valence-electron chi connectivity index (χ3n) is 4.97. The van der Waals surface area contributed by atoms with E-state index in [1.165, 1.54) is 69.5 Å². The van der Waals surface area contributed by atoms with Gasteiger partial charge in [-0.3, -0.25) is 10.9 Å². The van der Waals surface area contributed by atoms with Gasteiger partial charge in [-0.05, 0) is 56.9 Å². The van der Waals surface area contributed by atoms with E-state index in [2.05, 4.69) is 52.1 Å². The molecule has 2 N–H and O–H groups in total. The number of hydrogen-bond donors (Lipinski definition) is 2. The van der Waals surface area contributed by atoms with Crippen LogP contribution < -0.4 is 10.9 Å². The molecular weight excluding hydrogens is 272 g/mol. The number of piperidine rings is 1. The first-order valence-electron chi connectivity index (χ1n) is 8.97. The van der Waals surface area contributed by atoms with Crippen LogP contribution in [-0.2, 0) is 0 Å². The summed E-state index contributed by atoms with van der Waals surface area (Å²) < 4.78 is 0. The van der Waals surface area contributed by atoms with Gasteiger partial charge in [-0.2, -0.15) is 0 Å². The van der Waals surface area contributed by atoms with Crippen LogP contribution in [0.15, 0.2) is 24.3 Å². The van der Waals surface area contributed by atoms with Crippen LogP contribution in [0.4, 0.5) is 11.4 Å². The Hall–Kier alpha value is -1.26. The molecular formula is C18H30N4. The van der Waals surface area contributed by atoms with Crippen molar-refractivity contribution in [3.63, 3.8) is 0 Å². The second-order valence-electron chi connectivity index (χ2n) is 6.70. The minimum absolute atomic E-state index is 0.993. The smallest absolute Gasteiger partial charge is 0.0753 e. The fraction of sp³-hybridized carbons (Fsp3) is 0.667. The van der Waals surface area contributed by atoms with Crippen molar-refractivity contribution in [1.82, 2.24) is 10.0 Å². The number of anilines is 2. The Bertz CT molecular complexity index is 429. The predicted octanol–water partition coefficient (Wildman–Crippen LogP) is 3.95. The van der Waals surface area contributed by atoms with Crippen LogP contribution in [0.5, 0.6) is 0 Å². The summed E-state index contributed by atoms with van der Waals surface area (Å²) in [6.07, 6.45) is 8.23. The topological polar surface area (TPSA) is 30.5 Å². The van der Waals surface area contributed by atoms with Crippen LogP contribution >= 0.6 is 0 Å². The average Bonchev–Trinajstić information content (AvgIpc) is 2.97. The Kier molecular flexibility index (Phi) is 5.57. The Labute approximate surface area is 134 Å². The van der Waals surface area contributed by atoms with Gasteiger partial charge in [0.2, 0.25) is 0 Å². The van der Waals surface area contributed by atoms with Gasteiger partial charge in [0.1, 0.15) is 0 Å². The summed E-state index contributed by atoms with van der Waals surface area (Å²) in [4.78, 5) is 2.64. The second-order valence-corrected chi connectivity index (χ2v) is 6.70. The first kappa shape index (κ1) is 15.6. The van der Waals surface area contributed by atoms with Crippen LogP contribution in [0.3, 0.4) is 0 Å². The lowest BCUT2D eigenvalue weighted by molar-refractivity contribution is 0.171. The van der Waals surface area contributed by atoms with Crippen molar-refractivity contribution < 1.29 is 0 Å². The number of para-hydroxylation sites is 2. The summed E-state index contributed by atoms with van der Waals surface area (Å²) in [5.74, 6) is 0.993. The molecule has 0 saturated carbocycles. The van der Waals surface area contributed by atoms with Crippen LogP contribution in [0.2, 0.25) is 0 Å². The third-order valence-corrected chi connectivity index (χ3v) is 4.97. The molecule has 1 fully saturated rings. The molecule has 1 saturated heterocycles. The highest BCUT2D eigenvalue weighted by molar-refractivity contribution is 5.71. The molecule has 1 aromatic rings. The van der Waals surface area contributed by atoms with Crippen LogP contribution in [0.25, 0.3) is 0 Å². The van der Waals surface area contributed by atoms with E-state index >= 15 is 0 Å². The van der Waals surface area contributed by atoms with Gasteiger partial charge in [0.05, 0.1) is 11.4 Å². The number of rotatable bonds is 7. The van der Waals surface area contributed by atoms with Gasteiger partial charge in [0.15, 0.2) is 0 Å². The molecule has 0 bridgehead atoms. The Morgan fingerprint density at radius 1 is 1.00 bits per heavy atom. The largest absolute Gasteiger partial charge is 0.303 e. The maximum absolute atomic E-state index is 3.41. The number of nitrogens with zero attached hydrogens (tertiary/aromatic N) is 2. The summed E-state index contributed by atoms with van der Waals surface area (Å²) in [6, 6.07) is 8.37. The molecule has 22 heavy (non-hydrogen) atoms. The predicted molar refractivity (Wildman–Crippen MR) is 93.7 cm³/mol. The quantitative estimate of drug-likeness (QED) is 0.798. The van der Waals surface area contributed by atoms with Crippen molar-refractivity contribution in [2.24, 2.45) is 5.92 Å². The Morgan fingerprint density at radius 2 is 1.68 bits per heavy atom. The van der Waals surface area contributed by atoms with Crippen molar-refractivity contribution in [3.05, 3.63) is 24.3 Å². The van der Waals surface area contributed by atoms with E-state index in [1.54, 1.807) is 0 Å². The Morgan fingerprint density at radius 3 is 2.32 bits per heavy atom. The molecule has 0 atom stereocenters. The van der Waals surface area contributed by atoms with E-state index in [0.29, 0.717) is 0 Å². The van der Waals surface area contributed by atoms with Gasteiger partial charge in [-0.1, -0.05) is 38.3 Å². The molecule has 2 heterocycles. The number of benzene rings is 1. The number of hydrogen-bond acceptors (Lipinski definition) is 4. The van der Waals surface area contributed by atoms with Crippen molar-refractivity contribution in [2.45, 2.75) is 45.4 Å². The molecule has 3 rings (SSSR count). The summed E-state index contributed by atoms with van der Waals surface area (Å²) in [7, 11) is 0. The van der Waals surface area contributed by atoms with Crippen molar-refractivity contribution in [1.29, 1.82) is 0 Å². The fourth-order valence-corrected chi connectivity index (χ4v) is 3.55. The standard InChI is InChI=1S/C18H30N4/c1-2-3-7-16-10-14-21(15-11-16)12-6-13-22-19-17-8-4-5-9-18(17)20-22/h4-5,8-9,16,19-20H,2-3,6-7,10-15H2,1H3. The number of hydrazine groups is 2. The van der Waals surface area contributed by atoms with E-state index in [4.69, 9.17) is 0 Å². The first-order chi connectivity index (χ1) is 10.8. The molecule has 0 amide bonds. The van der Waals surface area contributed by atoms with Gasteiger partial charge in [0.25, 0.3) is 0 Å². The zero-order valence-electron chi connectivity index (χ0n) is 13.9. The zero-order chi connectivity index (χ0) is 15.2. The minimum Gasteiger partial charge on any atom is -0.303 e. The van der Waals surface area contributed by atoms with Gasteiger partial charge < -0.3 is 4.90 Å². The highest BCUT2D eigenvalue weighted by Gasteiger charge is 2.19. The van der Waals surface area contributed by atoms with Gasteiger partial charge in [-0.15, -0.1) is 5.12 Å². The van der Waals surface area contributed by atoms with E-state index in [-0.39, 0.29) is 0 Å². The summed E-state index contributed by atoms with van der Waals surface area (Å²) in [6.45, 7) is 7.15. The number of likely N-dealkylation sites (tertiary alicyclic amines) is 1. The number of nitrogens with one attached hydrogen (secondary N) is 2. The molecule has 0 unspecified atom stereocenters. The van der Waals surface area contributed by atoms with Gasteiger partial charge in [0, 0.05) is 6.54 Å². The van der Waals surface area contributed by atoms with E-state index in [1.807, 2.05) is 0 Å². The Balaban J connectivity index is 1.30.